The van der Waals surface area contributed by atoms with E-state index in [2.05, 4.69) is 20.8 Å². The molecule has 0 aliphatic heterocycles. The molecule has 2 rings (SSSR count). The standard InChI is InChI=1S/C14H27N/c1-10-7-8-12(13(15)9-10)14(2,3)11-5-4-6-11/h10-13H,4-9,15H2,1-3H3. The van der Waals surface area contributed by atoms with Gasteiger partial charge in [0, 0.05) is 6.04 Å². The van der Waals surface area contributed by atoms with Gasteiger partial charge in [-0.15, -0.1) is 0 Å². The van der Waals surface area contributed by atoms with Gasteiger partial charge in [-0.3, -0.25) is 0 Å². The lowest BCUT2D eigenvalue weighted by molar-refractivity contribution is 0.0161. The van der Waals surface area contributed by atoms with Gasteiger partial charge in [0.2, 0.25) is 0 Å². The van der Waals surface area contributed by atoms with Crippen LogP contribution in [0.25, 0.3) is 0 Å². The third-order valence-corrected chi connectivity index (χ3v) is 5.27. The normalized spacial score (nSPS) is 38.8. The van der Waals surface area contributed by atoms with E-state index in [9.17, 15) is 0 Å². The minimum Gasteiger partial charge on any atom is -0.327 e. The predicted octanol–water partition coefficient (Wildman–Crippen LogP) is 3.58. The van der Waals surface area contributed by atoms with Gasteiger partial charge in [-0.25, -0.2) is 0 Å². The summed E-state index contributed by atoms with van der Waals surface area (Å²) in [5.41, 5.74) is 6.87. The average Bonchev–Trinajstić information content (AvgIpc) is 1.97. The van der Waals surface area contributed by atoms with E-state index in [1.807, 2.05) is 0 Å². The molecule has 0 aromatic rings. The van der Waals surface area contributed by atoms with E-state index < -0.39 is 0 Å². The van der Waals surface area contributed by atoms with Gasteiger partial charge in [-0.05, 0) is 48.9 Å². The van der Waals surface area contributed by atoms with Crippen molar-refractivity contribution in [3.05, 3.63) is 0 Å². The summed E-state index contributed by atoms with van der Waals surface area (Å²) in [4.78, 5) is 0. The first-order valence-corrected chi connectivity index (χ1v) is 6.77. The molecule has 2 aliphatic rings. The Hall–Kier alpha value is -0.0400. The molecule has 0 radical (unpaired) electrons. The van der Waals surface area contributed by atoms with Crippen LogP contribution in [0.1, 0.15) is 59.3 Å². The van der Waals surface area contributed by atoms with Gasteiger partial charge in [-0.2, -0.15) is 0 Å². The summed E-state index contributed by atoms with van der Waals surface area (Å²) in [5.74, 6) is 2.59. The van der Waals surface area contributed by atoms with Crippen molar-refractivity contribution >= 4 is 0 Å². The maximum absolute atomic E-state index is 6.37. The van der Waals surface area contributed by atoms with Crippen molar-refractivity contribution in [3.63, 3.8) is 0 Å². The molecule has 3 atom stereocenters. The van der Waals surface area contributed by atoms with Crippen molar-refractivity contribution in [2.45, 2.75) is 65.3 Å². The van der Waals surface area contributed by atoms with Gasteiger partial charge in [0.1, 0.15) is 0 Å². The third-order valence-electron chi connectivity index (χ3n) is 5.27. The van der Waals surface area contributed by atoms with Crippen molar-refractivity contribution in [2.24, 2.45) is 28.9 Å². The van der Waals surface area contributed by atoms with Crippen LogP contribution < -0.4 is 5.73 Å². The van der Waals surface area contributed by atoms with Gasteiger partial charge in [-0.1, -0.05) is 33.6 Å². The Balaban J connectivity index is 2.01. The monoisotopic (exact) mass is 209 g/mol. The Labute approximate surface area is 94.8 Å². The van der Waals surface area contributed by atoms with Gasteiger partial charge in [0.05, 0.1) is 0 Å². The van der Waals surface area contributed by atoms with E-state index in [0.29, 0.717) is 11.5 Å². The molecule has 2 N–H and O–H groups in total. The number of hydrogen-bond donors (Lipinski definition) is 1. The Morgan fingerprint density at radius 3 is 2.20 bits per heavy atom. The second kappa shape index (κ2) is 4.08. The van der Waals surface area contributed by atoms with Gasteiger partial charge < -0.3 is 5.73 Å². The minimum absolute atomic E-state index is 0.462. The van der Waals surface area contributed by atoms with E-state index in [4.69, 9.17) is 5.73 Å². The molecule has 0 aromatic heterocycles. The van der Waals surface area contributed by atoms with Crippen LogP contribution in [0.5, 0.6) is 0 Å². The summed E-state index contributed by atoms with van der Waals surface area (Å²) < 4.78 is 0. The Kier molecular flexibility index (Phi) is 3.12. The first-order valence-electron chi connectivity index (χ1n) is 6.77. The average molecular weight is 209 g/mol. The molecule has 88 valence electrons. The number of nitrogens with two attached hydrogens (primary N) is 1. The largest absolute Gasteiger partial charge is 0.327 e. The van der Waals surface area contributed by atoms with Crippen molar-refractivity contribution in [2.75, 3.05) is 0 Å². The fourth-order valence-electron chi connectivity index (χ4n) is 3.80. The zero-order chi connectivity index (χ0) is 11.1. The highest BCUT2D eigenvalue weighted by Gasteiger charge is 2.43. The van der Waals surface area contributed by atoms with Crippen LogP contribution in [0.3, 0.4) is 0 Å². The molecule has 0 heterocycles. The van der Waals surface area contributed by atoms with Crippen LogP contribution in [0.2, 0.25) is 0 Å². The summed E-state index contributed by atoms with van der Waals surface area (Å²) in [5, 5.41) is 0. The van der Waals surface area contributed by atoms with Crippen molar-refractivity contribution in [1.29, 1.82) is 0 Å². The SMILES string of the molecule is CC1CCC(C(C)(C)C2CCC2)C(N)C1. The van der Waals surface area contributed by atoms with E-state index in [1.54, 1.807) is 0 Å². The second-order valence-corrected chi connectivity index (χ2v) is 6.64. The molecule has 1 nitrogen and oxygen atoms in total. The molecule has 2 fully saturated rings. The van der Waals surface area contributed by atoms with E-state index in [-0.39, 0.29) is 0 Å². The zero-order valence-electron chi connectivity index (χ0n) is 10.6. The molecule has 15 heavy (non-hydrogen) atoms. The molecule has 2 saturated carbocycles. The highest BCUT2D eigenvalue weighted by Crippen LogP contribution is 2.50. The summed E-state index contributed by atoms with van der Waals surface area (Å²) in [6, 6.07) is 0.462. The molecular weight excluding hydrogens is 182 g/mol. The summed E-state index contributed by atoms with van der Waals surface area (Å²) in [7, 11) is 0. The number of rotatable bonds is 2. The van der Waals surface area contributed by atoms with Crippen LogP contribution in [0.15, 0.2) is 0 Å². The molecule has 1 heteroatoms. The lowest BCUT2D eigenvalue weighted by atomic mass is 9.57. The Bertz CT molecular complexity index is 217. The molecule has 0 bridgehead atoms. The molecule has 2 aliphatic carbocycles. The maximum Gasteiger partial charge on any atom is 0.00748 e. The van der Waals surface area contributed by atoms with Gasteiger partial charge in [0.25, 0.3) is 0 Å². The van der Waals surface area contributed by atoms with Crippen molar-refractivity contribution < 1.29 is 0 Å². The zero-order valence-corrected chi connectivity index (χ0v) is 10.6. The van der Waals surface area contributed by atoms with E-state index in [1.165, 1.54) is 38.5 Å². The first kappa shape index (κ1) is 11.4. The molecule has 0 amide bonds. The Morgan fingerprint density at radius 1 is 1.07 bits per heavy atom. The van der Waals surface area contributed by atoms with Crippen molar-refractivity contribution in [1.82, 2.24) is 0 Å². The maximum atomic E-state index is 6.37. The Morgan fingerprint density at radius 2 is 1.73 bits per heavy atom. The molecule has 0 aromatic carbocycles. The fourth-order valence-corrected chi connectivity index (χ4v) is 3.80. The highest BCUT2D eigenvalue weighted by molar-refractivity contribution is 4.95. The molecule has 0 saturated heterocycles. The number of hydrogen-bond acceptors (Lipinski definition) is 1. The third kappa shape index (κ3) is 2.08. The molecule has 0 spiro atoms. The second-order valence-electron chi connectivity index (χ2n) is 6.64. The fraction of sp³-hybridized carbons (Fsp3) is 1.00. The summed E-state index contributed by atoms with van der Waals surface area (Å²) in [6.45, 7) is 7.29. The first-order chi connectivity index (χ1) is 7.01. The lowest BCUT2D eigenvalue weighted by Gasteiger charge is -2.50. The van der Waals surface area contributed by atoms with Gasteiger partial charge in [0.15, 0.2) is 0 Å². The quantitative estimate of drug-likeness (QED) is 0.739. The molecular formula is C14H27N. The van der Waals surface area contributed by atoms with Crippen LogP contribution >= 0.6 is 0 Å². The van der Waals surface area contributed by atoms with Crippen LogP contribution in [0, 0.1) is 23.2 Å². The molecule has 3 unspecified atom stereocenters. The van der Waals surface area contributed by atoms with E-state index in [0.717, 1.165) is 17.8 Å². The van der Waals surface area contributed by atoms with Crippen LogP contribution in [0.4, 0.5) is 0 Å². The minimum atomic E-state index is 0.462. The van der Waals surface area contributed by atoms with Crippen molar-refractivity contribution in [3.8, 4) is 0 Å². The highest BCUT2D eigenvalue weighted by atomic mass is 14.7. The smallest absolute Gasteiger partial charge is 0.00748 e. The summed E-state index contributed by atoms with van der Waals surface area (Å²) >= 11 is 0. The van der Waals surface area contributed by atoms with E-state index >= 15 is 0 Å². The van der Waals surface area contributed by atoms with Gasteiger partial charge >= 0.3 is 0 Å². The lowest BCUT2D eigenvalue weighted by Crippen LogP contribution is -2.48. The van der Waals surface area contributed by atoms with Crippen LogP contribution in [-0.2, 0) is 0 Å². The summed E-state index contributed by atoms with van der Waals surface area (Å²) in [6.07, 6.45) is 8.37. The predicted molar refractivity (Wildman–Crippen MR) is 65.6 cm³/mol. The van der Waals surface area contributed by atoms with Crippen LogP contribution in [-0.4, -0.2) is 6.04 Å². The topological polar surface area (TPSA) is 26.0 Å².